The molecule has 0 spiro atoms. The first-order valence-corrected chi connectivity index (χ1v) is 15.7. The van der Waals surface area contributed by atoms with Crippen LogP contribution < -0.4 is 5.32 Å². The fourth-order valence-corrected chi connectivity index (χ4v) is 7.42. The topological polar surface area (TPSA) is 62.5 Å². The van der Waals surface area contributed by atoms with Gasteiger partial charge in [0, 0.05) is 17.7 Å². The van der Waals surface area contributed by atoms with Gasteiger partial charge in [-0.2, -0.15) is 9.61 Å². The molecule has 2 saturated carbocycles. The molecular weight excluding hydrogens is 584 g/mol. The molecule has 0 aliphatic heterocycles. The number of phenols is 1. The lowest BCUT2D eigenvalue weighted by Gasteiger charge is -2.20. The van der Waals surface area contributed by atoms with Gasteiger partial charge in [-0.1, -0.05) is 73.3 Å². The Hall–Kier alpha value is -3.90. The Labute approximate surface area is 255 Å². The zero-order valence-corrected chi connectivity index (χ0v) is 25.2. The van der Waals surface area contributed by atoms with E-state index in [0.29, 0.717) is 11.8 Å². The molecule has 0 bridgehead atoms. The molecular formula is C36H35BrN4O. The molecule has 0 amide bonds. The van der Waals surface area contributed by atoms with Crippen molar-refractivity contribution in [2.45, 2.75) is 44.6 Å². The molecule has 0 saturated heterocycles. The lowest BCUT2D eigenvalue weighted by atomic mass is 9.94. The van der Waals surface area contributed by atoms with E-state index in [1.165, 1.54) is 36.0 Å². The lowest BCUT2D eigenvalue weighted by Crippen LogP contribution is -2.21. The van der Waals surface area contributed by atoms with Crippen molar-refractivity contribution in [3.63, 3.8) is 0 Å². The minimum Gasteiger partial charge on any atom is -0.508 e. The van der Waals surface area contributed by atoms with E-state index in [9.17, 15) is 5.11 Å². The van der Waals surface area contributed by atoms with Crippen LogP contribution in [0.5, 0.6) is 5.75 Å². The summed E-state index contributed by atoms with van der Waals surface area (Å²) < 4.78 is 2.81. The zero-order chi connectivity index (χ0) is 28.6. The van der Waals surface area contributed by atoms with Gasteiger partial charge in [0.2, 0.25) is 0 Å². The van der Waals surface area contributed by atoms with Crippen molar-refractivity contribution < 1.29 is 5.11 Å². The zero-order valence-electron chi connectivity index (χ0n) is 23.6. The van der Waals surface area contributed by atoms with Crippen molar-refractivity contribution in [3.05, 3.63) is 118 Å². The maximum Gasteiger partial charge on any atom is 0.172 e. The first-order valence-electron chi connectivity index (χ1n) is 14.9. The molecule has 2 aromatic heterocycles. The highest BCUT2D eigenvalue weighted by Crippen LogP contribution is 2.56. The van der Waals surface area contributed by atoms with E-state index in [0.717, 1.165) is 69.8 Å². The third-order valence-corrected chi connectivity index (χ3v) is 9.91. The molecule has 5 aromatic rings. The van der Waals surface area contributed by atoms with Gasteiger partial charge < -0.3 is 10.4 Å². The number of halogens is 1. The molecule has 212 valence electrons. The number of anilines is 1. The summed E-state index contributed by atoms with van der Waals surface area (Å²) in [5, 5.41) is 18.1. The van der Waals surface area contributed by atoms with Crippen LogP contribution in [-0.4, -0.2) is 25.7 Å². The SMILES string of the molecule is C=Cc1ccccc1-c1cc(NC2CCC3C(CC2)C3Cc2ccccc2Cc2ccc(O)cc2)n2ncc(Br)c2n1. The van der Waals surface area contributed by atoms with Crippen molar-refractivity contribution in [1.82, 2.24) is 14.6 Å². The number of benzene rings is 3. The molecule has 2 unspecified atom stereocenters. The molecule has 2 atom stereocenters. The Morgan fingerprint density at radius 1 is 0.929 bits per heavy atom. The lowest BCUT2D eigenvalue weighted by molar-refractivity contribution is 0.475. The fraction of sp³-hybridized carbons (Fsp3) is 0.278. The molecule has 5 nitrogen and oxygen atoms in total. The van der Waals surface area contributed by atoms with Crippen LogP contribution in [-0.2, 0) is 12.8 Å². The van der Waals surface area contributed by atoms with Crippen LogP contribution >= 0.6 is 15.9 Å². The average Bonchev–Trinajstić information content (AvgIpc) is 3.60. The van der Waals surface area contributed by atoms with Crippen LogP contribution in [0.3, 0.4) is 0 Å². The summed E-state index contributed by atoms with van der Waals surface area (Å²) in [7, 11) is 0. The molecule has 2 aliphatic carbocycles. The molecule has 2 fully saturated rings. The maximum atomic E-state index is 9.66. The first kappa shape index (κ1) is 27.0. The molecule has 0 radical (unpaired) electrons. The number of aromatic hydroxyl groups is 1. The Morgan fingerprint density at radius 3 is 2.40 bits per heavy atom. The highest BCUT2D eigenvalue weighted by molar-refractivity contribution is 9.10. The second kappa shape index (κ2) is 11.4. The Bertz CT molecular complexity index is 1730. The van der Waals surface area contributed by atoms with Crippen LogP contribution in [0.15, 0.2) is 96.1 Å². The molecule has 2 N–H and O–H groups in total. The number of fused-ring (bicyclic) bond motifs is 2. The predicted octanol–water partition coefficient (Wildman–Crippen LogP) is 8.56. The molecule has 6 heteroatoms. The number of phenolic OH excluding ortho intramolecular Hbond substituents is 1. The normalized spacial score (nSPS) is 21.5. The van der Waals surface area contributed by atoms with Crippen molar-refractivity contribution in [3.8, 4) is 17.0 Å². The van der Waals surface area contributed by atoms with Gasteiger partial charge >= 0.3 is 0 Å². The largest absolute Gasteiger partial charge is 0.508 e. The number of nitrogens with zero attached hydrogens (tertiary/aromatic N) is 3. The monoisotopic (exact) mass is 618 g/mol. The summed E-state index contributed by atoms with van der Waals surface area (Å²) in [5.74, 6) is 3.71. The number of rotatable bonds is 8. The fourth-order valence-electron chi connectivity index (χ4n) is 7.07. The van der Waals surface area contributed by atoms with Crippen LogP contribution in [0.2, 0.25) is 0 Å². The Morgan fingerprint density at radius 2 is 1.64 bits per heavy atom. The highest BCUT2D eigenvalue weighted by atomic mass is 79.9. The molecule has 7 rings (SSSR count). The second-order valence-electron chi connectivity index (χ2n) is 11.8. The van der Waals surface area contributed by atoms with Gasteiger partial charge in [0.1, 0.15) is 11.6 Å². The molecule has 42 heavy (non-hydrogen) atoms. The van der Waals surface area contributed by atoms with E-state index in [1.807, 2.05) is 41.1 Å². The summed E-state index contributed by atoms with van der Waals surface area (Å²) in [6.45, 7) is 4.00. The Balaban J connectivity index is 1.04. The van der Waals surface area contributed by atoms with Crippen LogP contribution in [0.1, 0.15) is 47.9 Å². The third kappa shape index (κ3) is 5.36. The number of aromatic nitrogens is 3. The first-order chi connectivity index (χ1) is 20.6. The van der Waals surface area contributed by atoms with Crippen molar-refractivity contribution >= 4 is 33.5 Å². The van der Waals surface area contributed by atoms with Crippen LogP contribution in [0.4, 0.5) is 5.82 Å². The maximum absolute atomic E-state index is 9.66. The van der Waals surface area contributed by atoms with E-state index >= 15 is 0 Å². The van der Waals surface area contributed by atoms with E-state index < -0.39 is 0 Å². The van der Waals surface area contributed by atoms with Gasteiger partial charge in [-0.3, -0.25) is 0 Å². The van der Waals surface area contributed by atoms with Crippen LogP contribution in [0, 0.1) is 17.8 Å². The van der Waals surface area contributed by atoms with Gasteiger partial charge in [-0.15, -0.1) is 0 Å². The van der Waals surface area contributed by atoms with Crippen molar-refractivity contribution in [2.24, 2.45) is 17.8 Å². The molecule has 3 aromatic carbocycles. The number of hydrogen-bond donors (Lipinski definition) is 2. The van der Waals surface area contributed by atoms with Crippen molar-refractivity contribution in [2.75, 3.05) is 5.32 Å². The van der Waals surface area contributed by atoms with Gasteiger partial charge in [0.15, 0.2) is 5.65 Å². The predicted molar refractivity (Wildman–Crippen MR) is 174 cm³/mol. The van der Waals surface area contributed by atoms with E-state index in [1.54, 1.807) is 12.1 Å². The van der Waals surface area contributed by atoms with Crippen molar-refractivity contribution in [1.29, 1.82) is 0 Å². The van der Waals surface area contributed by atoms with Gasteiger partial charge in [0.25, 0.3) is 0 Å². The van der Waals surface area contributed by atoms with Gasteiger partial charge in [-0.25, -0.2) is 4.98 Å². The minimum atomic E-state index is 0.322. The summed E-state index contributed by atoms with van der Waals surface area (Å²) in [6, 6.07) is 27.3. The smallest absolute Gasteiger partial charge is 0.172 e. The summed E-state index contributed by atoms with van der Waals surface area (Å²) >= 11 is 3.65. The van der Waals surface area contributed by atoms with E-state index in [4.69, 9.17) is 4.98 Å². The van der Waals surface area contributed by atoms with Crippen LogP contribution in [0.25, 0.3) is 23.0 Å². The number of nitrogens with one attached hydrogen (secondary N) is 1. The average molecular weight is 620 g/mol. The second-order valence-corrected chi connectivity index (χ2v) is 12.7. The quantitative estimate of drug-likeness (QED) is 0.183. The summed E-state index contributed by atoms with van der Waals surface area (Å²) in [6.07, 6.45) is 10.6. The summed E-state index contributed by atoms with van der Waals surface area (Å²) in [5.41, 5.74) is 8.01. The third-order valence-electron chi connectivity index (χ3n) is 9.35. The standard InChI is InChI=1S/C36H35BrN4O/c1-2-24-7-5-6-10-29(24)34-21-35(41-36(40-34)33(37)22-38-41)39-27-13-17-30-31(18-14-27)32(30)20-26-9-4-3-8-25(26)19-23-11-15-28(42)16-12-23/h2-12,15-16,21-22,27,30-32,39,42H,1,13-14,17-20H2. The molecule has 2 heterocycles. The van der Waals surface area contributed by atoms with E-state index in [-0.39, 0.29) is 0 Å². The van der Waals surface area contributed by atoms with E-state index in [2.05, 4.69) is 75.4 Å². The minimum absolute atomic E-state index is 0.322. The molecule has 2 aliphatic rings. The summed E-state index contributed by atoms with van der Waals surface area (Å²) in [4.78, 5) is 4.95. The highest BCUT2D eigenvalue weighted by Gasteiger charge is 2.50. The Kier molecular flexibility index (Phi) is 7.32. The number of hydrogen-bond acceptors (Lipinski definition) is 4. The van der Waals surface area contributed by atoms with Gasteiger partial charge in [0.05, 0.1) is 16.4 Å². The van der Waals surface area contributed by atoms with Gasteiger partial charge in [-0.05, 0) is 107 Å².